The summed E-state index contributed by atoms with van der Waals surface area (Å²) in [5.74, 6) is -0.966. The number of carboxylic acid groups (broad SMARTS) is 1. The van der Waals surface area contributed by atoms with Gasteiger partial charge < -0.3 is 5.11 Å². The highest BCUT2D eigenvalue weighted by molar-refractivity contribution is 7.80. The Morgan fingerprint density at radius 3 is 2.79 bits per heavy atom. The summed E-state index contributed by atoms with van der Waals surface area (Å²) in [4.78, 5) is 10.8. The van der Waals surface area contributed by atoms with Gasteiger partial charge in [-0.15, -0.1) is 12.6 Å². The third kappa shape index (κ3) is 2.19. The molecule has 0 aliphatic rings. The number of nitriles is 1. The molecule has 5 heteroatoms. The molecule has 0 heterocycles. The van der Waals surface area contributed by atoms with Crippen molar-refractivity contribution in [3.8, 4) is 6.07 Å². The van der Waals surface area contributed by atoms with Crippen molar-refractivity contribution in [2.45, 2.75) is 11.3 Å². The van der Waals surface area contributed by atoms with Crippen LogP contribution < -0.4 is 0 Å². The molecule has 0 atom stereocenters. The van der Waals surface area contributed by atoms with Gasteiger partial charge in [0.15, 0.2) is 0 Å². The minimum absolute atomic E-state index is 0.162. The lowest BCUT2D eigenvalue weighted by atomic mass is 10.1. The number of hydrogen-bond acceptors (Lipinski definition) is 3. The molecule has 1 aromatic carbocycles. The number of carbonyl (C=O) groups is 1. The summed E-state index contributed by atoms with van der Waals surface area (Å²) in [6.07, 6.45) is -0.162. The Kier molecular flexibility index (Phi) is 3.39. The molecule has 0 saturated carbocycles. The van der Waals surface area contributed by atoms with Crippen molar-refractivity contribution >= 4 is 30.2 Å². The number of carboxylic acids is 1. The van der Waals surface area contributed by atoms with Crippen molar-refractivity contribution in [3.05, 3.63) is 28.3 Å². The molecular formula is C9H6ClNO2S. The van der Waals surface area contributed by atoms with Crippen LogP contribution in [0, 0.1) is 11.3 Å². The summed E-state index contributed by atoms with van der Waals surface area (Å²) in [6, 6.07) is 4.93. The number of hydrogen-bond donors (Lipinski definition) is 2. The lowest BCUT2D eigenvalue weighted by Gasteiger charge is -2.04. The maximum Gasteiger partial charge on any atom is 0.307 e. The SMILES string of the molecule is N#Cc1c(Cl)ccc(CC(=O)O)c1S. The van der Waals surface area contributed by atoms with E-state index in [1.165, 1.54) is 6.07 Å². The van der Waals surface area contributed by atoms with Crippen molar-refractivity contribution in [1.82, 2.24) is 0 Å². The summed E-state index contributed by atoms with van der Waals surface area (Å²) < 4.78 is 0. The van der Waals surface area contributed by atoms with E-state index < -0.39 is 5.97 Å². The first-order chi connectivity index (χ1) is 6.56. The second kappa shape index (κ2) is 4.36. The minimum atomic E-state index is -0.966. The molecule has 0 saturated heterocycles. The molecule has 0 unspecified atom stereocenters. The second-order valence-corrected chi connectivity index (χ2v) is 3.47. The minimum Gasteiger partial charge on any atom is -0.481 e. The van der Waals surface area contributed by atoms with Crippen LogP contribution in [0.4, 0.5) is 0 Å². The largest absolute Gasteiger partial charge is 0.481 e. The van der Waals surface area contributed by atoms with Crippen LogP contribution >= 0.6 is 24.2 Å². The third-order valence-electron chi connectivity index (χ3n) is 1.66. The summed E-state index contributed by atoms with van der Waals surface area (Å²) >= 11 is 9.78. The highest BCUT2D eigenvalue weighted by Crippen LogP contribution is 2.26. The first kappa shape index (κ1) is 10.9. The van der Waals surface area contributed by atoms with E-state index in [0.717, 1.165) is 0 Å². The van der Waals surface area contributed by atoms with Crippen LogP contribution in [0.25, 0.3) is 0 Å². The van der Waals surface area contributed by atoms with Gasteiger partial charge >= 0.3 is 5.97 Å². The molecule has 1 aromatic rings. The fraction of sp³-hybridized carbons (Fsp3) is 0.111. The quantitative estimate of drug-likeness (QED) is 0.761. The van der Waals surface area contributed by atoms with Gasteiger partial charge in [-0.1, -0.05) is 17.7 Å². The van der Waals surface area contributed by atoms with E-state index in [2.05, 4.69) is 12.6 Å². The predicted molar refractivity (Wildman–Crippen MR) is 54.8 cm³/mol. The molecule has 3 nitrogen and oxygen atoms in total. The Bertz CT molecular complexity index is 426. The number of thiol groups is 1. The average Bonchev–Trinajstić information content (AvgIpc) is 2.10. The van der Waals surface area contributed by atoms with Crippen LogP contribution in [-0.2, 0) is 11.2 Å². The first-order valence-corrected chi connectivity index (χ1v) is 4.51. The Morgan fingerprint density at radius 2 is 2.29 bits per heavy atom. The fourth-order valence-electron chi connectivity index (χ4n) is 1.02. The van der Waals surface area contributed by atoms with Crippen molar-refractivity contribution in [2.75, 3.05) is 0 Å². The van der Waals surface area contributed by atoms with E-state index in [9.17, 15) is 4.79 Å². The van der Waals surface area contributed by atoms with Crippen LogP contribution in [0.2, 0.25) is 5.02 Å². The van der Waals surface area contributed by atoms with E-state index >= 15 is 0 Å². The average molecular weight is 228 g/mol. The molecule has 1 rings (SSSR count). The standard InChI is InChI=1S/C9H6ClNO2S/c10-7-2-1-5(3-8(12)13)9(14)6(7)4-11/h1-2,14H,3H2,(H,12,13). The molecule has 0 aliphatic carbocycles. The van der Waals surface area contributed by atoms with Crippen LogP contribution in [0.3, 0.4) is 0 Å². The van der Waals surface area contributed by atoms with Gasteiger partial charge in [-0.25, -0.2) is 0 Å². The number of halogens is 1. The summed E-state index contributed by atoms with van der Waals surface area (Å²) in [6.45, 7) is 0. The summed E-state index contributed by atoms with van der Waals surface area (Å²) in [5, 5.41) is 17.6. The van der Waals surface area contributed by atoms with Gasteiger partial charge in [0.2, 0.25) is 0 Å². The lowest BCUT2D eigenvalue weighted by molar-refractivity contribution is -0.136. The lowest BCUT2D eigenvalue weighted by Crippen LogP contribution is -2.02. The predicted octanol–water partition coefficient (Wildman–Crippen LogP) is 2.13. The highest BCUT2D eigenvalue weighted by Gasteiger charge is 2.11. The van der Waals surface area contributed by atoms with Gasteiger partial charge in [-0.2, -0.15) is 5.26 Å². The number of rotatable bonds is 2. The topological polar surface area (TPSA) is 61.1 Å². The molecule has 0 fully saturated rings. The molecule has 0 aromatic heterocycles. The van der Waals surface area contributed by atoms with E-state index in [1.54, 1.807) is 6.07 Å². The molecular weight excluding hydrogens is 222 g/mol. The molecule has 0 radical (unpaired) electrons. The molecule has 14 heavy (non-hydrogen) atoms. The van der Waals surface area contributed by atoms with E-state index in [0.29, 0.717) is 10.5 Å². The van der Waals surface area contributed by atoms with Gasteiger partial charge in [-0.05, 0) is 11.6 Å². The Balaban J connectivity index is 3.23. The van der Waals surface area contributed by atoms with Crippen molar-refractivity contribution in [2.24, 2.45) is 0 Å². The maximum absolute atomic E-state index is 10.5. The van der Waals surface area contributed by atoms with Crippen molar-refractivity contribution in [3.63, 3.8) is 0 Å². The summed E-state index contributed by atoms with van der Waals surface area (Å²) in [5.41, 5.74) is 0.704. The molecule has 0 aliphatic heterocycles. The molecule has 0 amide bonds. The monoisotopic (exact) mass is 227 g/mol. The van der Waals surface area contributed by atoms with Crippen LogP contribution in [0.1, 0.15) is 11.1 Å². The highest BCUT2D eigenvalue weighted by atomic mass is 35.5. The molecule has 0 spiro atoms. The van der Waals surface area contributed by atoms with Crippen molar-refractivity contribution < 1.29 is 9.90 Å². The van der Waals surface area contributed by atoms with Crippen LogP contribution in [0.5, 0.6) is 0 Å². The second-order valence-electron chi connectivity index (χ2n) is 2.61. The smallest absolute Gasteiger partial charge is 0.307 e. The molecule has 0 bridgehead atoms. The zero-order chi connectivity index (χ0) is 10.7. The zero-order valence-corrected chi connectivity index (χ0v) is 8.64. The maximum atomic E-state index is 10.5. The van der Waals surface area contributed by atoms with E-state index in [1.807, 2.05) is 6.07 Å². The van der Waals surface area contributed by atoms with Crippen LogP contribution in [-0.4, -0.2) is 11.1 Å². The summed E-state index contributed by atoms with van der Waals surface area (Å²) in [7, 11) is 0. The van der Waals surface area contributed by atoms with Crippen molar-refractivity contribution in [1.29, 1.82) is 5.26 Å². The Hall–Kier alpha value is -1.18. The molecule has 72 valence electrons. The molecule has 1 N–H and O–H groups in total. The first-order valence-electron chi connectivity index (χ1n) is 3.68. The van der Waals surface area contributed by atoms with E-state index in [-0.39, 0.29) is 17.0 Å². The van der Waals surface area contributed by atoms with Gasteiger partial charge in [0.05, 0.1) is 17.0 Å². The zero-order valence-electron chi connectivity index (χ0n) is 6.99. The normalized spacial score (nSPS) is 9.50. The number of aliphatic carboxylic acids is 1. The van der Waals surface area contributed by atoms with Gasteiger partial charge in [0.25, 0.3) is 0 Å². The third-order valence-corrected chi connectivity index (χ3v) is 2.49. The number of benzene rings is 1. The van der Waals surface area contributed by atoms with Gasteiger partial charge in [0.1, 0.15) is 6.07 Å². The number of nitrogens with zero attached hydrogens (tertiary/aromatic N) is 1. The van der Waals surface area contributed by atoms with Crippen LogP contribution in [0.15, 0.2) is 17.0 Å². The van der Waals surface area contributed by atoms with Gasteiger partial charge in [-0.3, -0.25) is 4.79 Å². The van der Waals surface area contributed by atoms with Gasteiger partial charge in [0, 0.05) is 4.90 Å². The fourth-order valence-corrected chi connectivity index (χ4v) is 1.61. The van der Waals surface area contributed by atoms with E-state index in [4.69, 9.17) is 22.0 Å². The Morgan fingerprint density at radius 1 is 1.64 bits per heavy atom. The Labute approximate surface area is 91.3 Å².